The normalized spacial score (nSPS) is 17.5. The number of benzene rings is 1. The van der Waals surface area contributed by atoms with Gasteiger partial charge in [-0.25, -0.2) is 0 Å². The second-order valence-corrected chi connectivity index (χ2v) is 7.33. The number of carbonyl (C=O) groups is 1. The van der Waals surface area contributed by atoms with Gasteiger partial charge in [0.1, 0.15) is 0 Å². The van der Waals surface area contributed by atoms with Crippen LogP contribution in [0.2, 0.25) is 0 Å². The maximum atomic E-state index is 12.1. The average molecular weight is 358 g/mol. The van der Waals surface area contributed by atoms with Gasteiger partial charge in [-0.15, -0.1) is 0 Å². The van der Waals surface area contributed by atoms with E-state index in [4.69, 9.17) is 4.74 Å². The molecule has 1 atom stereocenters. The molecule has 1 heterocycles. The van der Waals surface area contributed by atoms with Crippen LogP contribution in [-0.4, -0.2) is 30.5 Å². The third kappa shape index (κ3) is 6.95. The molecule has 0 saturated carbocycles. The first-order valence-electron chi connectivity index (χ1n) is 10.3. The lowest BCUT2D eigenvalue weighted by atomic mass is 10.1. The Kier molecular flexibility index (Phi) is 9.47. The van der Waals surface area contributed by atoms with Crippen molar-refractivity contribution in [2.24, 2.45) is 0 Å². The number of ether oxygens (including phenoxy) is 1. The van der Waals surface area contributed by atoms with E-state index in [0.717, 1.165) is 32.2 Å². The molecule has 2 rings (SSSR count). The van der Waals surface area contributed by atoms with Crippen molar-refractivity contribution in [1.82, 2.24) is 4.90 Å². The number of hydrogen-bond donors (Lipinski definition) is 0. The summed E-state index contributed by atoms with van der Waals surface area (Å²) in [5.74, 6) is 0.336. The van der Waals surface area contributed by atoms with Crippen LogP contribution in [0.25, 0.3) is 0 Å². The monoisotopic (exact) mass is 357 g/mol. The second-order valence-electron chi connectivity index (χ2n) is 7.33. The smallest absolute Gasteiger partial charge is 0.223 e. The van der Waals surface area contributed by atoms with Crippen LogP contribution >= 0.6 is 0 Å². The zero-order chi connectivity index (χ0) is 18.6. The molecule has 1 aromatic rings. The van der Waals surface area contributed by atoms with Crippen molar-refractivity contribution in [3.8, 4) is 0 Å². The Morgan fingerprint density at radius 3 is 2.81 bits per heavy atom. The maximum absolute atomic E-state index is 12.1. The minimum atomic E-state index is 0.313. The molecular weight excluding hydrogens is 322 g/mol. The summed E-state index contributed by atoms with van der Waals surface area (Å²) >= 11 is 0. The zero-order valence-electron chi connectivity index (χ0n) is 16.6. The maximum Gasteiger partial charge on any atom is 0.223 e. The first-order chi connectivity index (χ1) is 12.7. The molecule has 3 nitrogen and oxygen atoms in total. The fraction of sp³-hybridized carbons (Fsp3) is 0.609. The summed E-state index contributed by atoms with van der Waals surface area (Å²) in [7, 11) is 1.73. The predicted octanol–water partition coefficient (Wildman–Crippen LogP) is 5.28. The van der Waals surface area contributed by atoms with Crippen LogP contribution in [0.3, 0.4) is 0 Å². The van der Waals surface area contributed by atoms with Gasteiger partial charge in [0.2, 0.25) is 5.91 Å². The molecule has 0 radical (unpaired) electrons. The number of methoxy groups -OCH3 is 1. The van der Waals surface area contributed by atoms with E-state index in [1.165, 1.54) is 36.8 Å². The van der Waals surface area contributed by atoms with Crippen molar-refractivity contribution < 1.29 is 9.53 Å². The Bertz CT molecular complexity index is 567. The topological polar surface area (TPSA) is 29.5 Å². The molecule has 0 N–H and O–H groups in total. The van der Waals surface area contributed by atoms with Gasteiger partial charge in [0, 0.05) is 20.1 Å². The molecular formula is C23H35NO2. The van der Waals surface area contributed by atoms with Gasteiger partial charge in [0.05, 0.1) is 12.6 Å². The standard InChI is InChI=1S/C23H35NO2/c1-3-4-5-6-9-17-24-22(15-16-23(24)25)14-8-7-11-20-12-10-13-21(18-20)19-26-2/h8,10,12-14,18,22H,3-7,9,11,15-17,19H2,1-2H3/b14-8+. The number of likely N-dealkylation sites (tertiary alicyclic amines) is 1. The Hall–Kier alpha value is -1.61. The van der Waals surface area contributed by atoms with E-state index < -0.39 is 0 Å². The minimum absolute atomic E-state index is 0.313. The number of hydrogen-bond acceptors (Lipinski definition) is 2. The molecule has 144 valence electrons. The molecule has 26 heavy (non-hydrogen) atoms. The summed E-state index contributed by atoms with van der Waals surface area (Å²) in [5, 5.41) is 0. The van der Waals surface area contributed by atoms with Crippen molar-refractivity contribution >= 4 is 5.91 Å². The minimum Gasteiger partial charge on any atom is -0.380 e. The Balaban J connectivity index is 1.75. The van der Waals surface area contributed by atoms with Crippen LogP contribution in [0.4, 0.5) is 0 Å². The lowest BCUT2D eigenvalue weighted by Gasteiger charge is -2.22. The summed E-state index contributed by atoms with van der Waals surface area (Å²) in [4.78, 5) is 14.2. The fourth-order valence-corrected chi connectivity index (χ4v) is 3.68. The van der Waals surface area contributed by atoms with E-state index in [-0.39, 0.29) is 0 Å². The third-order valence-electron chi connectivity index (χ3n) is 5.14. The van der Waals surface area contributed by atoms with Gasteiger partial charge in [0.15, 0.2) is 0 Å². The molecule has 1 unspecified atom stereocenters. The lowest BCUT2D eigenvalue weighted by molar-refractivity contribution is -0.128. The largest absolute Gasteiger partial charge is 0.380 e. The van der Waals surface area contributed by atoms with Gasteiger partial charge in [-0.3, -0.25) is 4.79 Å². The number of nitrogens with zero attached hydrogens (tertiary/aromatic N) is 1. The number of rotatable bonds is 12. The summed E-state index contributed by atoms with van der Waals surface area (Å²) in [6, 6.07) is 8.91. The van der Waals surface area contributed by atoms with Crippen LogP contribution in [-0.2, 0) is 22.6 Å². The Morgan fingerprint density at radius 1 is 1.19 bits per heavy atom. The van der Waals surface area contributed by atoms with Crippen LogP contribution in [0.5, 0.6) is 0 Å². The molecule has 1 aliphatic heterocycles. The number of aryl methyl sites for hydroxylation is 1. The first kappa shape index (κ1) is 20.7. The molecule has 1 amide bonds. The summed E-state index contributed by atoms with van der Waals surface area (Å²) in [6.45, 7) is 3.83. The molecule has 1 saturated heterocycles. The number of amides is 1. The third-order valence-corrected chi connectivity index (χ3v) is 5.14. The van der Waals surface area contributed by atoms with Crippen molar-refractivity contribution in [3.63, 3.8) is 0 Å². The highest BCUT2D eigenvalue weighted by molar-refractivity contribution is 5.79. The van der Waals surface area contributed by atoms with Gasteiger partial charge in [-0.2, -0.15) is 0 Å². The summed E-state index contributed by atoms with van der Waals surface area (Å²) in [6.07, 6.45) is 14.5. The van der Waals surface area contributed by atoms with E-state index in [1.54, 1.807) is 7.11 Å². The van der Waals surface area contributed by atoms with Crippen LogP contribution in [0, 0.1) is 0 Å². The number of carbonyl (C=O) groups excluding carboxylic acids is 1. The number of allylic oxidation sites excluding steroid dienone is 1. The van der Waals surface area contributed by atoms with Gasteiger partial charge >= 0.3 is 0 Å². The van der Waals surface area contributed by atoms with Crippen LogP contribution < -0.4 is 0 Å². The highest BCUT2D eigenvalue weighted by Crippen LogP contribution is 2.21. The van der Waals surface area contributed by atoms with Crippen molar-refractivity contribution in [1.29, 1.82) is 0 Å². The summed E-state index contributed by atoms with van der Waals surface area (Å²) < 4.78 is 5.20. The predicted molar refractivity (Wildman–Crippen MR) is 108 cm³/mol. The lowest BCUT2D eigenvalue weighted by Crippen LogP contribution is -2.32. The molecule has 0 bridgehead atoms. The molecule has 0 spiro atoms. The van der Waals surface area contributed by atoms with E-state index in [1.807, 2.05) is 0 Å². The van der Waals surface area contributed by atoms with E-state index in [9.17, 15) is 4.79 Å². The molecule has 1 aromatic carbocycles. The highest BCUT2D eigenvalue weighted by Gasteiger charge is 2.28. The number of unbranched alkanes of at least 4 members (excludes halogenated alkanes) is 4. The zero-order valence-corrected chi connectivity index (χ0v) is 16.6. The first-order valence-corrected chi connectivity index (χ1v) is 10.3. The van der Waals surface area contributed by atoms with Crippen molar-refractivity contribution in [3.05, 3.63) is 47.5 Å². The second kappa shape index (κ2) is 11.9. The molecule has 1 aliphatic rings. The SMILES string of the molecule is CCCCCCCN1C(=O)CCC1/C=C/CCc1cccc(COC)c1. The van der Waals surface area contributed by atoms with Crippen molar-refractivity contribution in [2.75, 3.05) is 13.7 Å². The Morgan fingerprint density at radius 2 is 2.00 bits per heavy atom. The molecule has 0 aliphatic carbocycles. The van der Waals surface area contributed by atoms with E-state index >= 15 is 0 Å². The van der Waals surface area contributed by atoms with Crippen molar-refractivity contribution in [2.45, 2.75) is 77.4 Å². The van der Waals surface area contributed by atoms with E-state index in [2.05, 4.69) is 48.2 Å². The Labute approximate surface area is 159 Å². The molecule has 3 heteroatoms. The summed E-state index contributed by atoms with van der Waals surface area (Å²) in [5.41, 5.74) is 2.57. The molecule has 0 aromatic heterocycles. The van der Waals surface area contributed by atoms with Gasteiger partial charge in [-0.1, -0.05) is 69.0 Å². The van der Waals surface area contributed by atoms with E-state index in [0.29, 0.717) is 25.0 Å². The quantitative estimate of drug-likeness (QED) is 0.376. The van der Waals surface area contributed by atoms with Gasteiger partial charge < -0.3 is 9.64 Å². The average Bonchev–Trinajstić information content (AvgIpc) is 2.99. The fourth-order valence-electron chi connectivity index (χ4n) is 3.68. The van der Waals surface area contributed by atoms with Gasteiger partial charge in [0.25, 0.3) is 0 Å². The van der Waals surface area contributed by atoms with Crippen LogP contribution in [0.15, 0.2) is 36.4 Å². The molecule has 1 fully saturated rings. The van der Waals surface area contributed by atoms with Crippen LogP contribution in [0.1, 0.15) is 69.4 Å². The highest BCUT2D eigenvalue weighted by atomic mass is 16.5. The van der Waals surface area contributed by atoms with Gasteiger partial charge in [-0.05, 0) is 36.8 Å².